The molecule has 0 aliphatic carbocycles. The van der Waals surface area contributed by atoms with Crippen molar-refractivity contribution in [1.29, 1.82) is 0 Å². The van der Waals surface area contributed by atoms with E-state index < -0.39 is 0 Å². The van der Waals surface area contributed by atoms with Crippen molar-refractivity contribution in [3.8, 4) is 5.75 Å². The topological polar surface area (TPSA) is 74.4 Å². The van der Waals surface area contributed by atoms with Gasteiger partial charge in [-0.3, -0.25) is 9.59 Å². The fourth-order valence-corrected chi connectivity index (χ4v) is 3.94. The molecular formula is C24H27N3O3. The minimum atomic E-state index is -0.0794. The van der Waals surface area contributed by atoms with Gasteiger partial charge in [0.25, 0.3) is 5.91 Å². The van der Waals surface area contributed by atoms with E-state index in [9.17, 15) is 9.59 Å². The minimum Gasteiger partial charge on any atom is -0.497 e. The summed E-state index contributed by atoms with van der Waals surface area (Å²) in [6, 6.07) is 17.4. The molecule has 2 N–H and O–H groups in total. The largest absolute Gasteiger partial charge is 0.497 e. The maximum atomic E-state index is 12.6. The van der Waals surface area contributed by atoms with Crippen LogP contribution in [0.3, 0.4) is 0 Å². The summed E-state index contributed by atoms with van der Waals surface area (Å²) < 4.78 is 5.16. The number of fused-ring (bicyclic) bond motifs is 1. The van der Waals surface area contributed by atoms with E-state index >= 15 is 0 Å². The number of piperidine rings is 1. The van der Waals surface area contributed by atoms with Crippen LogP contribution in [-0.2, 0) is 11.2 Å². The number of hydrogen-bond acceptors (Lipinski definition) is 3. The van der Waals surface area contributed by atoms with Crippen LogP contribution in [0.1, 0.15) is 28.9 Å². The molecule has 1 aromatic heterocycles. The third-order valence-electron chi connectivity index (χ3n) is 5.81. The smallest absolute Gasteiger partial charge is 0.267 e. The first-order valence-corrected chi connectivity index (χ1v) is 10.4. The standard InChI is InChI=1S/C24H27N3O3/c1-30-20-8-6-17(7-9-20)14-23(28)27-12-10-18(11-13-27)16-25-24(29)22-15-19-4-2-3-5-21(19)26-22/h2-9,15,18,26H,10-14,16H2,1H3,(H,25,29). The van der Waals surface area contributed by atoms with Crippen LogP contribution in [0.5, 0.6) is 5.75 Å². The van der Waals surface area contributed by atoms with Crippen LogP contribution in [0.25, 0.3) is 10.9 Å². The minimum absolute atomic E-state index is 0.0794. The number of ether oxygens (including phenoxy) is 1. The van der Waals surface area contributed by atoms with E-state index in [0.29, 0.717) is 24.6 Å². The molecule has 2 aromatic carbocycles. The lowest BCUT2D eigenvalue weighted by Gasteiger charge is -2.32. The number of para-hydroxylation sites is 1. The second-order valence-electron chi connectivity index (χ2n) is 7.83. The van der Waals surface area contributed by atoms with Crippen LogP contribution in [0.15, 0.2) is 54.6 Å². The third kappa shape index (κ3) is 4.64. The fourth-order valence-electron chi connectivity index (χ4n) is 3.94. The molecule has 0 bridgehead atoms. The molecule has 3 aromatic rings. The summed E-state index contributed by atoms with van der Waals surface area (Å²) in [5.74, 6) is 1.26. The zero-order valence-corrected chi connectivity index (χ0v) is 17.2. The number of benzene rings is 2. The predicted molar refractivity (Wildman–Crippen MR) is 117 cm³/mol. The van der Waals surface area contributed by atoms with Gasteiger partial charge in [0, 0.05) is 30.5 Å². The summed E-state index contributed by atoms with van der Waals surface area (Å²) in [5, 5.41) is 4.07. The van der Waals surface area contributed by atoms with E-state index in [1.807, 2.05) is 59.5 Å². The Morgan fingerprint density at radius 3 is 2.53 bits per heavy atom. The molecule has 2 heterocycles. The first kappa shape index (κ1) is 20.0. The number of hydrogen-bond donors (Lipinski definition) is 2. The number of aromatic nitrogens is 1. The highest BCUT2D eigenvalue weighted by atomic mass is 16.5. The van der Waals surface area contributed by atoms with Gasteiger partial charge in [0.15, 0.2) is 0 Å². The molecular weight excluding hydrogens is 378 g/mol. The number of methoxy groups -OCH3 is 1. The van der Waals surface area contributed by atoms with Gasteiger partial charge in [-0.2, -0.15) is 0 Å². The number of nitrogens with zero attached hydrogens (tertiary/aromatic N) is 1. The zero-order chi connectivity index (χ0) is 20.9. The van der Waals surface area contributed by atoms with Crippen LogP contribution in [0.2, 0.25) is 0 Å². The van der Waals surface area contributed by atoms with Gasteiger partial charge in [0.2, 0.25) is 5.91 Å². The summed E-state index contributed by atoms with van der Waals surface area (Å²) in [6.45, 7) is 2.11. The Labute approximate surface area is 176 Å². The predicted octanol–water partition coefficient (Wildman–Crippen LogP) is 3.39. The Kier molecular flexibility index (Phi) is 6.02. The van der Waals surface area contributed by atoms with E-state index in [4.69, 9.17) is 4.74 Å². The van der Waals surface area contributed by atoms with Crippen molar-refractivity contribution in [3.05, 3.63) is 65.9 Å². The van der Waals surface area contributed by atoms with E-state index in [2.05, 4.69) is 10.3 Å². The number of carbonyl (C=O) groups excluding carboxylic acids is 2. The lowest BCUT2D eigenvalue weighted by Crippen LogP contribution is -2.42. The average molecular weight is 405 g/mol. The van der Waals surface area contributed by atoms with E-state index in [1.54, 1.807) is 7.11 Å². The molecule has 0 radical (unpaired) electrons. The van der Waals surface area contributed by atoms with Crippen molar-refractivity contribution in [1.82, 2.24) is 15.2 Å². The molecule has 4 rings (SSSR count). The van der Waals surface area contributed by atoms with Crippen LogP contribution in [0.4, 0.5) is 0 Å². The lowest BCUT2D eigenvalue weighted by atomic mass is 9.96. The Morgan fingerprint density at radius 1 is 1.10 bits per heavy atom. The number of likely N-dealkylation sites (tertiary alicyclic amines) is 1. The van der Waals surface area contributed by atoms with Crippen molar-refractivity contribution in [2.24, 2.45) is 5.92 Å². The Morgan fingerprint density at radius 2 is 1.83 bits per heavy atom. The van der Waals surface area contributed by atoms with Crippen LogP contribution in [0, 0.1) is 5.92 Å². The highest BCUT2D eigenvalue weighted by molar-refractivity contribution is 5.97. The molecule has 6 heteroatoms. The van der Waals surface area contributed by atoms with Gasteiger partial charge >= 0.3 is 0 Å². The summed E-state index contributed by atoms with van der Waals surface area (Å²) in [6.07, 6.45) is 2.22. The summed E-state index contributed by atoms with van der Waals surface area (Å²) in [7, 11) is 1.63. The molecule has 0 saturated carbocycles. The number of amides is 2. The summed E-state index contributed by atoms with van der Waals surface area (Å²) >= 11 is 0. The second-order valence-corrected chi connectivity index (χ2v) is 7.83. The monoisotopic (exact) mass is 405 g/mol. The molecule has 1 aliphatic rings. The quantitative estimate of drug-likeness (QED) is 0.660. The van der Waals surface area contributed by atoms with Crippen molar-refractivity contribution in [2.45, 2.75) is 19.3 Å². The molecule has 156 valence electrons. The van der Waals surface area contributed by atoms with Gasteiger partial charge in [-0.05, 0) is 48.6 Å². The van der Waals surface area contributed by atoms with Crippen LogP contribution < -0.4 is 10.1 Å². The molecule has 1 aliphatic heterocycles. The van der Waals surface area contributed by atoms with Crippen molar-refractivity contribution in [3.63, 3.8) is 0 Å². The lowest BCUT2D eigenvalue weighted by molar-refractivity contribution is -0.131. The summed E-state index contributed by atoms with van der Waals surface area (Å²) in [4.78, 5) is 30.1. The third-order valence-corrected chi connectivity index (χ3v) is 5.81. The molecule has 0 atom stereocenters. The number of H-pyrrole nitrogens is 1. The molecule has 6 nitrogen and oxygen atoms in total. The second kappa shape index (κ2) is 9.03. The van der Waals surface area contributed by atoms with Crippen molar-refractivity contribution < 1.29 is 14.3 Å². The summed E-state index contributed by atoms with van der Waals surface area (Å²) in [5.41, 5.74) is 2.54. The fraction of sp³-hybridized carbons (Fsp3) is 0.333. The molecule has 0 spiro atoms. The molecule has 2 amide bonds. The van der Waals surface area contributed by atoms with Gasteiger partial charge < -0.3 is 19.9 Å². The number of nitrogens with one attached hydrogen (secondary N) is 2. The number of aromatic amines is 1. The van der Waals surface area contributed by atoms with Gasteiger partial charge in [-0.25, -0.2) is 0 Å². The van der Waals surface area contributed by atoms with E-state index in [-0.39, 0.29) is 11.8 Å². The van der Waals surface area contributed by atoms with Crippen LogP contribution >= 0.6 is 0 Å². The van der Waals surface area contributed by atoms with Gasteiger partial charge in [0.05, 0.1) is 13.5 Å². The zero-order valence-electron chi connectivity index (χ0n) is 17.2. The number of rotatable bonds is 6. The molecule has 1 saturated heterocycles. The first-order chi connectivity index (χ1) is 14.6. The molecule has 1 fully saturated rings. The Hall–Kier alpha value is -3.28. The van der Waals surface area contributed by atoms with Gasteiger partial charge in [0.1, 0.15) is 11.4 Å². The maximum Gasteiger partial charge on any atom is 0.267 e. The Balaban J connectivity index is 1.23. The maximum absolute atomic E-state index is 12.6. The van der Waals surface area contributed by atoms with Gasteiger partial charge in [-0.1, -0.05) is 30.3 Å². The molecule has 0 unspecified atom stereocenters. The van der Waals surface area contributed by atoms with Crippen LogP contribution in [-0.4, -0.2) is 48.4 Å². The van der Waals surface area contributed by atoms with E-state index in [1.165, 1.54) is 0 Å². The molecule has 30 heavy (non-hydrogen) atoms. The van der Waals surface area contributed by atoms with E-state index in [0.717, 1.165) is 48.1 Å². The first-order valence-electron chi connectivity index (χ1n) is 10.4. The Bertz CT molecular complexity index is 985. The van der Waals surface area contributed by atoms with Gasteiger partial charge in [-0.15, -0.1) is 0 Å². The SMILES string of the molecule is COc1ccc(CC(=O)N2CCC(CNC(=O)c3cc4ccccc4[nH]3)CC2)cc1. The highest BCUT2D eigenvalue weighted by Crippen LogP contribution is 2.19. The van der Waals surface area contributed by atoms with Crippen molar-refractivity contribution >= 4 is 22.7 Å². The normalized spacial score (nSPS) is 14.6. The van der Waals surface area contributed by atoms with Crippen molar-refractivity contribution in [2.75, 3.05) is 26.7 Å². The highest BCUT2D eigenvalue weighted by Gasteiger charge is 2.23. The average Bonchev–Trinajstić information content (AvgIpc) is 3.23. The number of carbonyl (C=O) groups is 2.